The van der Waals surface area contributed by atoms with Crippen LogP contribution in [0.3, 0.4) is 0 Å². The normalized spacial score (nSPS) is 13.3. The SMILES string of the molecule is CCC(N)c1nn(C)c2ccc(Cl)cc12. The lowest BCUT2D eigenvalue weighted by molar-refractivity contribution is 0.650. The fourth-order valence-corrected chi connectivity index (χ4v) is 1.90. The van der Waals surface area contributed by atoms with Crippen LogP contribution in [0.25, 0.3) is 10.9 Å². The van der Waals surface area contributed by atoms with E-state index in [-0.39, 0.29) is 6.04 Å². The Morgan fingerprint density at radius 3 is 2.93 bits per heavy atom. The van der Waals surface area contributed by atoms with E-state index < -0.39 is 0 Å². The lowest BCUT2D eigenvalue weighted by Crippen LogP contribution is -2.10. The summed E-state index contributed by atoms with van der Waals surface area (Å²) in [6, 6.07) is 5.74. The molecule has 1 heterocycles. The summed E-state index contributed by atoms with van der Waals surface area (Å²) in [5.41, 5.74) is 8.00. The van der Waals surface area contributed by atoms with Gasteiger partial charge in [0.25, 0.3) is 0 Å². The number of fused-ring (bicyclic) bond motifs is 1. The van der Waals surface area contributed by atoms with Crippen molar-refractivity contribution in [3.8, 4) is 0 Å². The van der Waals surface area contributed by atoms with Crippen molar-refractivity contribution in [3.05, 3.63) is 28.9 Å². The molecule has 1 unspecified atom stereocenters. The quantitative estimate of drug-likeness (QED) is 0.851. The highest BCUT2D eigenvalue weighted by Crippen LogP contribution is 2.26. The molecule has 2 aromatic rings. The molecule has 0 aliphatic heterocycles. The lowest BCUT2D eigenvalue weighted by Gasteiger charge is -2.04. The largest absolute Gasteiger partial charge is 0.323 e. The Kier molecular flexibility index (Phi) is 2.67. The van der Waals surface area contributed by atoms with E-state index in [2.05, 4.69) is 12.0 Å². The molecule has 80 valence electrons. The first-order chi connectivity index (χ1) is 7.13. The van der Waals surface area contributed by atoms with Gasteiger partial charge in [-0.1, -0.05) is 18.5 Å². The molecule has 0 saturated heterocycles. The van der Waals surface area contributed by atoms with Crippen LogP contribution in [0.5, 0.6) is 0 Å². The van der Waals surface area contributed by atoms with Gasteiger partial charge in [-0.3, -0.25) is 4.68 Å². The summed E-state index contributed by atoms with van der Waals surface area (Å²) < 4.78 is 1.84. The molecular weight excluding hydrogens is 210 g/mol. The summed E-state index contributed by atoms with van der Waals surface area (Å²) in [6.07, 6.45) is 0.874. The van der Waals surface area contributed by atoms with Gasteiger partial charge < -0.3 is 5.73 Å². The zero-order valence-electron chi connectivity index (χ0n) is 8.87. The zero-order valence-corrected chi connectivity index (χ0v) is 9.62. The van der Waals surface area contributed by atoms with E-state index in [1.165, 1.54) is 0 Å². The number of halogens is 1. The molecule has 0 radical (unpaired) electrons. The summed E-state index contributed by atoms with van der Waals surface area (Å²) in [6.45, 7) is 2.05. The molecule has 1 aromatic heterocycles. The number of nitrogens with zero attached hydrogens (tertiary/aromatic N) is 2. The van der Waals surface area contributed by atoms with Crippen molar-refractivity contribution in [1.82, 2.24) is 9.78 Å². The number of rotatable bonds is 2. The van der Waals surface area contributed by atoms with Crippen LogP contribution in [0.4, 0.5) is 0 Å². The Labute approximate surface area is 93.8 Å². The molecule has 0 bridgehead atoms. The number of hydrogen-bond acceptors (Lipinski definition) is 2. The molecule has 2 N–H and O–H groups in total. The molecule has 2 rings (SSSR count). The minimum Gasteiger partial charge on any atom is -0.323 e. The number of aromatic nitrogens is 2. The zero-order chi connectivity index (χ0) is 11.0. The van der Waals surface area contributed by atoms with Crippen LogP contribution in [0, 0.1) is 0 Å². The first-order valence-electron chi connectivity index (χ1n) is 5.01. The topological polar surface area (TPSA) is 43.8 Å². The highest BCUT2D eigenvalue weighted by atomic mass is 35.5. The maximum absolute atomic E-state index is 6.00. The molecule has 1 atom stereocenters. The van der Waals surface area contributed by atoms with Crippen LogP contribution in [-0.4, -0.2) is 9.78 Å². The molecule has 0 saturated carbocycles. The number of benzene rings is 1. The molecule has 0 spiro atoms. The van der Waals surface area contributed by atoms with E-state index in [1.54, 1.807) is 0 Å². The maximum Gasteiger partial charge on any atom is 0.0870 e. The Bertz CT molecular complexity index is 490. The third-order valence-corrected chi connectivity index (χ3v) is 2.87. The lowest BCUT2D eigenvalue weighted by atomic mass is 10.1. The predicted molar refractivity (Wildman–Crippen MR) is 62.9 cm³/mol. The Hall–Kier alpha value is -1.06. The van der Waals surface area contributed by atoms with Gasteiger partial charge in [0.05, 0.1) is 11.2 Å². The Balaban J connectivity index is 2.69. The maximum atomic E-state index is 6.00. The average molecular weight is 224 g/mol. The average Bonchev–Trinajstić information content (AvgIpc) is 2.54. The second-order valence-electron chi connectivity index (χ2n) is 3.69. The molecule has 0 fully saturated rings. The van der Waals surface area contributed by atoms with Crippen LogP contribution in [-0.2, 0) is 7.05 Å². The van der Waals surface area contributed by atoms with Crippen molar-refractivity contribution in [2.75, 3.05) is 0 Å². The highest BCUT2D eigenvalue weighted by Gasteiger charge is 2.13. The van der Waals surface area contributed by atoms with Crippen LogP contribution in [0.2, 0.25) is 5.02 Å². The third kappa shape index (κ3) is 1.73. The summed E-state index contributed by atoms with van der Waals surface area (Å²) >= 11 is 5.97. The third-order valence-electron chi connectivity index (χ3n) is 2.63. The summed E-state index contributed by atoms with van der Waals surface area (Å²) in [7, 11) is 1.92. The van der Waals surface area contributed by atoms with E-state index >= 15 is 0 Å². The van der Waals surface area contributed by atoms with E-state index in [0.29, 0.717) is 0 Å². The first-order valence-corrected chi connectivity index (χ1v) is 5.39. The van der Waals surface area contributed by atoms with Crippen LogP contribution < -0.4 is 5.73 Å². The Morgan fingerprint density at radius 2 is 2.27 bits per heavy atom. The Morgan fingerprint density at radius 1 is 1.53 bits per heavy atom. The second-order valence-corrected chi connectivity index (χ2v) is 4.12. The van der Waals surface area contributed by atoms with Gasteiger partial charge in [0, 0.05) is 23.5 Å². The van der Waals surface area contributed by atoms with Gasteiger partial charge in [-0.25, -0.2) is 0 Å². The summed E-state index contributed by atoms with van der Waals surface area (Å²) in [5, 5.41) is 6.21. The van der Waals surface area contributed by atoms with Gasteiger partial charge in [0.2, 0.25) is 0 Å². The van der Waals surface area contributed by atoms with E-state index in [0.717, 1.165) is 28.0 Å². The minimum absolute atomic E-state index is 0.0211. The van der Waals surface area contributed by atoms with Crippen molar-refractivity contribution in [2.24, 2.45) is 12.8 Å². The van der Waals surface area contributed by atoms with Crippen LogP contribution in [0.1, 0.15) is 25.1 Å². The number of aryl methyl sites for hydroxylation is 1. The van der Waals surface area contributed by atoms with Crippen molar-refractivity contribution < 1.29 is 0 Å². The molecule has 4 heteroatoms. The van der Waals surface area contributed by atoms with Gasteiger partial charge in [0.15, 0.2) is 0 Å². The van der Waals surface area contributed by atoms with Gasteiger partial charge >= 0.3 is 0 Å². The highest BCUT2D eigenvalue weighted by molar-refractivity contribution is 6.31. The van der Waals surface area contributed by atoms with Gasteiger partial charge in [-0.05, 0) is 24.6 Å². The molecule has 0 aliphatic rings. The molecule has 15 heavy (non-hydrogen) atoms. The van der Waals surface area contributed by atoms with Crippen molar-refractivity contribution in [1.29, 1.82) is 0 Å². The predicted octanol–water partition coefficient (Wildman–Crippen LogP) is 2.64. The molecule has 0 aliphatic carbocycles. The van der Waals surface area contributed by atoms with Crippen molar-refractivity contribution in [3.63, 3.8) is 0 Å². The van der Waals surface area contributed by atoms with Gasteiger partial charge in [0.1, 0.15) is 0 Å². The van der Waals surface area contributed by atoms with Crippen LogP contribution >= 0.6 is 11.6 Å². The van der Waals surface area contributed by atoms with Crippen LogP contribution in [0.15, 0.2) is 18.2 Å². The van der Waals surface area contributed by atoms with E-state index in [9.17, 15) is 0 Å². The fourth-order valence-electron chi connectivity index (χ4n) is 1.73. The monoisotopic (exact) mass is 223 g/mol. The second kappa shape index (κ2) is 3.83. The van der Waals surface area contributed by atoms with Gasteiger partial charge in [-0.2, -0.15) is 5.10 Å². The molecule has 3 nitrogen and oxygen atoms in total. The standard InChI is InChI=1S/C11H14ClN3/c1-3-9(13)11-8-6-7(12)4-5-10(8)15(2)14-11/h4-6,9H,3,13H2,1-2H3. The summed E-state index contributed by atoms with van der Waals surface area (Å²) in [5.74, 6) is 0. The smallest absolute Gasteiger partial charge is 0.0870 e. The van der Waals surface area contributed by atoms with Crippen molar-refractivity contribution >= 4 is 22.5 Å². The molecule has 1 aromatic carbocycles. The number of hydrogen-bond donors (Lipinski definition) is 1. The summed E-state index contributed by atoms with van der Waals surface area (Å²) in [4.78, 5) is 0. The molecular formula is C11H14ClN3. The number of nitrogens with two attached hydrogens (primary N) is 1. The van der Waals surface area contributed by atoms with E-state index in [4.69, 9.17) is 17.3 Å². The van der Waals surface area contributed by atoms with E-state index in [1.807, 2.05) is 29.9 Å². The van der Waals surface area contributed by atoms with Gasteiger partial charge in [-0.15, -0.1) is 0 Å². The molecule has 0 amide bonds. The van der Waals surface area contributed by atoms with Crippen molar-refractivity contribution in [2.45, 2.75) is 19.4 Å². The fraction of sp³-hybridized carbons (Fsp3) is 0.364. The minimum atomic E-state index is -0.0211. The first kappa shape index (κ1) is 10.5.